The van der Waals surface area contributed by atoms with E-state index in [0.29, 0.717) is 41.1 Å². The van der Waals surface area contributed by atoms with Crippen molar-refractivity contribution >= 4 is 7.60 Å². The third kappa shape index (κ3) is 6.72. The van der Waals surface area contributed by atoms with Crippen molar-refractivity contribution in [1.82, 2.24) is 0 Å². The third-order valence-electron chi connectivity index (χ3n) is 8.16. The van der Waals surface area contributed by atoms with Crippen LogP contribution in [0.2, 0.25) is 0 Å². The second-order valence-corrected chi connectivity index (χ2v) is 13.8. The first-order valence-electron chi connectivity index (χ1n) is 13.2. The van der Waals surface area contributed by atoms with Crippen LogP contribution in [0.15, 0.2) is 24.3 Å². The summed E-state index contributed by atoms with van der Waals surface area (Å²) in [7, 11) is -3.84. The molecule has 8 atom stereocenters. The summed E-state index contributed by atoms with van der Waals surface area (Å²) in [5, 5.41) is 11.5. The Hall–Kier alpha value is -0.670. The molecule has 5 heteroatoms. The molecule has 0 aromatic heterocycles. The van der Waals surface area contributed by atoms with Crippen LogP contribution in [-0.4, -0.2) is 17.3 Å². The van der Waals surface area contributed by atoms with Crippen LogP contribution in [-0.2, 0) is 13.6 Å². The van der Waals surface area contributed by atoms with Crippen molar-refractivity contribution < 1.29 is 18.7 Å². The molecule has 3 rings (SSSR count). The number of rotatable bonds is 8. The van der Waals surface area contributed by atoms with Crippen LogP contribution in [0, 0.1) is 42.4 Å². The van der Waals surface area contributed by atoms with Crippen LogP contribution in [0.1, 0.15) is 97.0 Å². The fourth-order valence-corrected chi connectivity index (χ4v) is 7.97. The largest absolute Gasteiger partial charge is 0.376 e. The second-order valence-electron chi connectivity index (χ2n) is 11.8. The van der Waals surface area contributed by atoms with E-state index in [1.807, 2.05) is 31.2 Å². The molecule has 0 heterocycles. The molecule has 2 aliphatic rings. The minimum Gasteiger partial charge on any atom is -0.376 e. The van der Waals surface area contributed by atoms with Gasteiger partial charge in [-0.25, -0.2) is 0 Å². The summed E-state index contributed by atoms with van der Waals surface area (Å²) in [6, 6.07) is 7.60. The van der Waals surface area contributed by atoms with Gasteiger partial charge in [0.1, 0.15) is 0 Å². The first-order chi connectivity index (χ1) is 15.5. The van der Waals surface area contributed by atoms with E-state index in [1.54, 1.807) is 0 Å². The lowest BCUT2D eigenvalue weighted by atomic mass is 9.75. The average molecular weight is 479 g/mol. The van der Waals surface area contributed by atoms with Crippen LogP contribution < -0.4 is 0 Å². The monoisotopic (exact) mass is 478 g/mol. The van der Waals surface area contributed by atoms with Crippen molar-refractivity contribution in [2.45, 2.75) is 105 Å². The lowest BCUT2D eigenvalue weighted by Gasteiger charge is -2.42. The Labute approximate surface area is 202 Å². The van der Waals surface area contributed by atoms with Crippen LogP contribution in [0.4, 0.5) is 0 Å². The summed E-state index contributed by atoms with van der Waals surface area (Å²) in [5.41, 5.74) is 1.71. The molecule has 2 saturated carbocycles. The minimum atomic E-state index is -3.84. The molecular formula is C28H47O4P. The maximum Gasteiger partial charge on any atom is 0.363 e. The predicted molar refractivity (Wildman–Crippen MR) is 136 cm³/mol. The smallest absolute Gasteiger partial charge is 0.363 e. The van der Waals surface area contributed by atoms with Crippen molar-refractivity contribution in [3.63, 3.8) is 0 Å². The third-order valence-corrected chi connectivity index (χ3v) is 10.2. The molecule has 0 bridgehead atoms. The van der Waals surface area contributed by atoms with E-state index in [1.165, 1.54) is 12.8 Å². The van der Waals surface area contributed by atoms with Gasteiger partial charge >= 0.3 is 7.60 Å². The summed E-state index contributed by atoms with van der Waals surface area (Å²) in [6.45, 7) is 15.4. The maximum absolute atomic E-state index is 14.6. The summed E-state index contributed by atoms with van der Waals surface area (Å²) < 4.78 is 27.6. The molecule has 0 saturated heterocycles. The SMILES string of the molecule is Cc1ccc([C@H](O)P(=O)(O[C@@H]2C[C@H](C)CC[C@@H]2C(C)C)O[C@@H]2C[C@H](C)CC[C@H]2C(C)C)cc1. The Morgan fingerprint density at radius 3 is 1.64 bits per heavy atom. The Morgan fingerprint density at radius 2 is 1.24 bits per heavy atom. The topological polar surface area (TPSA) is 55.8 Å². The van der Waals surface area contributed by atoms with Crippen molar-refractivity contribution in [1.29, 1.82) is 0 Å². The van der Waals surface area contributed by atoms with Crippen LogP contribution in [0.25, 0.3) is 0 Å². The number of aliphatic hydroxyl groups is 1. The highest BCUT2D eigenvalue weighted by atomic mass is 31.2. The number of hydrogen-bond donors (Lipinski definition) is 1. The molecule has 1 unspecified atom stereocenters. The Kier molecular flexibility index (Phi) is 9.28. The van der Waals surface area contributed by atoms with E-state index in [0.717, 1.165) is 31.2 Å². The first kappa shape index (κ1) is 26.9. The predicted octanol–water partition coefficient (Wildman–Crippen LogP) is 8.13. The molecule has 0 spiro atoms. The fraction of sp³-hybridized carbons (Fsp3) is 0.786. The van der Waals surface area contributed by atoms with Crippen molar-refractivity contribution in [3.05, 3.63) is 35.4 Å². The van der Waals surface area contributed by atoms with Crippen molar-refractivity contribution in [2.75, 3.05) is 0 Å². The van der Waals surface area contributed by atoms with Crippen molar-refractivity contribution in [3.8, 4) is 0 Å². The molecule has 1 aromatic rings. The molecule has 4 nitrogen and oxygen atoms in total. The van der Waals surface area contributed by atoms with E-state index < -0.39 is 13.4 Å². The highest BCUT2D eigenvalue weighted by Crippen LogP contribution is 2.64. The molecule has 0 aliphatic heterocycles. The molecule has 0 amide bonds. The van der Waals surface area contributed by atoms with Gasteiger partial charge < -0.3 is 14.2 Å². The Morgan fingerprint density at radius 1 is 0.818 bits per heavy atom. The van der Waals surface area contributed by atoms with Gasteiger partial charge in [-0.2, -0.15) is 0 Å². The van der Waals surface area contributed by atoms with E-state index in [4.69, 9.17) is 9.05 Å². The maximum atomic E-state index is 14.6. The van der Waals surface area contributed by atoms with Gasteiger partial charge in [-0.15, -0.1) is 0 Å². The summed E-state index contributed by atoms with van der Waals surface area (Å²) in [6.07, 6.45) is 5.90. The molecule has 188 valence electrons. The first-order valence-corrected chi connectivity index (χ1v) is 14.8. The van der Waals surface area contributed by atoms with Crippen molar-refractivity contribution in [2.24, 2.45) is 35.5 Å². The van der Waals surface area contributed by atoms with E-state index in [9.17, 15) is 9.67 Å². The van der Waals surface area contributed by atoms with Gasteiger partial charge in [-0.05, 0) is 73.7 Å². The second kappa shape index (κ2) is 11.4. The lowest BCUT2D eigenvalue weighted by molar-refractivity contribution is -0.0153. The highest BCUT2D eigenvalue weighted by Gasteiger charge is 2.46. The van der Waals surface area contributed by atoms with Gasteiger partial charge in [0, 0.05) is 0 Å². The zero-order valence-corrected chi connectivity index (χ0v) is 22.8. The van der Waals surface area contributed by atoms with E-state index in [-0.39, 0.29) is 12.2 Å². The quantitative estimate of drug-likeness (QED) is 0.383. The summed E-state index contributed by atoms with van der Waals surface area (Å²) in [4.78, 5) is 0. The highest BCUT2D eigenvalue weighted by molar-refractivity contribution is 7.54. The van der Waals surface area contributed by atoms with Gasteiger partial charge in [0.2, 0.25) is 0 Å². The normalized spacial score (nSPS) is 33.8. The number of benzene rings is 1. The lowest BCUT2D eigenvalue weighted by Crippen LogP contribution is -2.37. The molecule has 1 aromatic carbocycles. The number of aryl methyl sites for hydroxylation is 1. The molecule has 33 heavy (non-hydrogen) atoms. The zero-order valence-electron chi connectivity index (χ0n) is 21.9. The summed E-state index contributed by atoms with van der Waals surface area (Å²) in [5.74, 6) is 1.30. The Balaban J connectivity index is 1.94. The van der Waals surface area contributed by atoms with E-state index >= 15 is 0 Å². The molecule has 2 aliphatic carbocycles. The minimum absolute atomic E-state index is 0.154. The standard InChI is InChI=1S/C28H47O4P/c1-18(2)24-14-10-21(6)16-26(24)31-33(30,28(29)23-12-8-20(5)9-13-23)32-27-17-22(7)11-15-25(27)19(3)4/h8-9,12-13,18-19,21-22,24-29H,10-11,14-17H2,1-7H3/t21-,22-,24-,25+,26-,27-,28-,33?/m1/s1. The molecule has 2 fully saturated rings. The molecular weight excluding hydrogens is 431 g/mol. The van der Waals surface area contributed by atoms with Crippen LogP contribution >= 0.6 is 7.60 Å². The Bertz CT molecular complexity index is 752. The van der Waals surface area contributed by atoms with Gasteiger partial charge in [-0.3, -0.25) is 4.57 Å². The zero-order chi connectivity index (χ0) is 24.3. The summed E-state index contributed by atoms with van der Waals surface area (Å²) >= 11 is 0. The van der Waals surface area contributed by atoms with Gasteiger partial charge in [0.05, 0.1) is 12.2 Å². The fourth-order valence-electron chi connectivity index (χ4n) is 5.91. The van der Waals surface area contributed by atoms with Gasteiger partial charge in [0.15, 0.2) is 5.85 Å². The number of hydrogen-bond acceptors (Lipinski definition) is 4. The van der Waals surface area contributed by atoms with Gasteiger partial charge in [-0.1, -0.05) is 84.2 Å². The molecule has 0 radical (unpaired) electrons. The average Bonchev–Trinajstić information content (AvgIpc) is 2.73. The van der Waals surface area contributed by atoms with Crippen LogP contribution in [0.5, 0.6) is 0 Å². The molecule has 1 N–H and O–H groups in total. The number of aliphatic hydroxyl groups excluding tert-OH is 1. The van der Waals surface area contributed by atoms with Crippen LogP contribution in [0.3, 0.4) is 0 Å². The van der Waals surface area contributed by atoms with E-state index in [2.05, 4.69) is 41.5 Å². The van der Waals surface area contributed by atoms with Gasteiger partial charge in [0.25, 0.3) is 0 Å².